The van der Waals surface area contributed by atoms with Crippen LogP contribution < -0.4 is 5.32 Å². The molecule has 0 aliphatic carbocycles. The number of benzene rings is 1. The predicted octanol–water partition coefficient (Wildman–Crippen LogP) is 2.65. The highest BCUT2D eigenvalue weighted by Crippen LogP contribution is 2.24. The number of nitrogens with one attached hydrogen (secondary N) is 1. The number of fused-ring (bicyclic) bond motifs is 1. The Morgan fingerprint density at radius 2 is 2.04 bits per heavy atom. The van der Waals surface area contributed by atoms with Gasteiger partial charge in [0.1, 0.15) is 12.1 Å². The summed E-state index contributed by atoms with van der Waals surface area (Å²) in [5, 5.41) is 8.49. The zero-order valence-electron chi connectivity index (χ0n) is 12.8. The molecule has 0 saturated heterocycles. The smallest absolute Gasteiger partial charge is 0.253 e. The summed E-state index contributed by atoms with van der Waals surface area (Å²) in [7, 11) is 0. The maximum Gasteiger partial charge on any atom is 0.253 e. The number of aromatic nitrogens is 4. The van der Waals surface area contributed by atoms with Crippen LogP contribution in [0, 0.1) is 13.8 Å². The van der Waals surface area contributed by atoms with Gasteiger partial charge in [-0.3, -0.25) is 0 Å². The van der Waals surface area contributed by atoms with Crippen LogP contribution >= 0.6 is 0 Å². The van der Waals surface area contributed by atoms with Crippen LogP contribution in [-0.2, 0) is 9.47 Å². The molecule has 116 valence electrons. The van der Waals surface area contributed by atoms with E-state index >= 15 is 0 Å². The summed E-state index contributed by atoms with van der Waals surface area (Å²) in [4.78, 5) is 9.22. The van der Waals surface area contributed by atoms with Gasteiger partial charge in [0.25, 0.3) is 5.95 Å². The average Bonchev–Trinajstić information content (AvgIpc) is 3.16. The van der Waals surface area contributed by atoms with Crippen LogP contribution in [0.15, 0.2) is 42.5 Å². The minimum atomic E-state index is 0.204. The summed E-state index contributed by atoms with van der Waals surface area (Å²) in [6.07, 6.45) is 1.53. The zero-order valence-corrected chi connectivity index (χ0v) is 12.8. The van der Waals surface area contributed by atoms with Crippen LogP contribution in [0.1, 0.15) is 11.4 Å². The molecule has 3 heterocycles. The number of hydrogen-bond acceptors (Lipinski definition) is 6. The van der Waals surface area contributed by atoms with Crippen molar-refractivity contribution in [3.8, 4) is 5.95 Å². The topological polar surface area (TPSA) is 74.1 Å². The highest BCUT2D eigenvalue weighted by molar-refractivity contribution is 5.90. The third-order valence-electron chi connectivity index (χ3n) is 3.50. The maximum absolute atomic E-state index is 5.32. The molecule has 4 rings (SSSR count). The summed E-state index contributed by atoms with van der Waals surface area (Å²) in [6, 6.07) is 9.78. The molecule has 0 fully saturated rings. The number of hydrogen-bond donors (Lipinski definition) is 1. The highest BCUT2D eigenvalue weighted by atomic mass is 16.7. The Bertz CT molecular complexity index is 916. The fourth-order valence-corrected chi connectivity index (χ4v) is 2.51. The summed E-state index contributed by atoms with van der Waals surface area (Å²) in [5.74, 6) is 1.68. The van der Waals surface area contributed by atoms with Gasteiger partial charge >= 0.3 is 0 Å². The maximum atomic E-state index is 5.32. The summed E-state index contributed by atoms with van der Waals surface area (Å²) in [6.45, 7) is 4.12. The monoisotopic (exact) mass is 309 g/mol. The quantitative estimate of drug-likeness (QED) is 0.802. The van der Waals surface area contributed by atoms with Crippen LogP contribution in [0.25, 0.3) is 16.9 Å². The lowest BCUT2D eigenvalue weighted by Gasteiger charge is -2.11. The van der Waals surface area contributed by atoms with Crippen LogP contribution in [0.2, 0.25) is 0 Å². The Morgan fingerprint density at radius 1 is 1.17 bits per heavy atom. The van der Waals surface area contributed by atoms with Crippen molar-refractivity contribution in [2.24, 2.45) is 0 Å². The number of anilines is 1. The van der Waals surface area contributed by atoms with Gasteiger partial charge in [0.05, 0.1) is 11.2 Å². The van der Waals surface area contributed by atoms with Gasteiger partial charge in [-0.25, -0.2) is 9.67 Å². The van der Waals surface area contributed by atoms with Crippen molar-refractivity contribution in [3.05, 3.63) is 53.9 Å². The normalized spacial score (nSPS) is 13.6. The molecule has 0 saturated carbocycles. The largest absolute Gasteiger partial charge is 0.459 e. The molecule has 1 aliphatic heterocycles. The molecule has 0 atom stereocenters. The Morgan fingerprint density at radius 3 is 2.78 bits per heavy atom. The van der Waals surface area contributed by atoms with Gasteiger partial charge in [-0.15, -0.1) is 0 Å². The van der Waals surface area contributed by atoms with E-state index in [4.69, 9.17) is 9.47 Å². The lowest BCUT2D eigenvalue weighted by molar-refractivity contribution is 0.0823. The second-order valence-corrected chi connectivity index (χ2v) is 5.26. The molecule has 23 heavy (non-hydrogen) atoms. The number of nitrogens with zero attached hydrogens (tertiary/aromatic N) is 4. The van der Waals surface area contributed by atoms with Crippen molar-refractivity contribution in [3.63, 3.8) is 0 Å². The lowest BCUT2D eigenvalue weighted by atomic mass is 10.2. The van der Waals surface area contributed by atoms with E-state index in [1.165, 1.54) is 6.26 Å². The second-order valence-electron chi connectivity index (χ2n) is 5.26. The Balaban J connectivity index is 1.87. The van der Waals surface area contributed by atoms with E-state index in [9.17, 15) is 0 Å². The van der Waals surface area contributed by atoms with E-state index in [1.807, 2.05) is 44.2 Å². The fraction of sp³-hybridized carbons (Fsp3) is 0.188. The van der Waals surface area contributed by atoms with E-state index in [1.54, 1.807) is 4.68 Å². The summed E-state index contributed by atoms with van der Waals surface area (Å²) < 4.78 is 12.1. The Labute approximate surface area is 132 Å². The molecule has 3 aromatic rings. The van der Waals surface area contributed by atoms with Gasteiger partial charge in [0, 0.05) is 11.1 Å². The van der Waals surface area contributed by atoms with Crippen LogP contribution in [0.5, 0.6) is 0 Å². The lowest BCUT2D eigenvalue weighted by Crippen LogP contribution is -2.09. The summed E-state index contributed by atoms with van der Waals surface area (Å²) in [5.41, 5.74) is 2.72. The van der Waals surface area contributed by atoms with Crippen molar-refractivity contribution < 1.29 is 9.47 Å². The fourth-order valence-electron chi connectivity index (χ4n) is 2.51. The molecule has 7 nitrogen and oxygen atoms in total. The Kier molecular flexibility index (Phi) is 3.11. The molecular weight excluding hydrogens is 294 g/mol. The molecule has 0 amide bonds. The number of para-hydroxylation sites is 1. The van der Waals surface area contributed by atoms with Gasteiger partial charge in [0.2, 0.25) is 12.7 Å². The number of rotatable bonds is 3. The van der Waals surface area contributed by atoms with Crippen molar-refractivity contribution in [2.45, 2.75) is 13.8 Å². The van der Waals surface area contributed by atoms with E-state index in [0.717, 1.165) is 22.3 Å². The Hall–Kier alpha value is -3.09. The van der Waals surface area contributed by atoms with Crippen molar-refractivity contribution in [2.75, 3.05) is 12.1 Å². The van der Waals surface area contributed by atoms with Crippen LogP contribution in [-0.4, -0.2) is 26.5 Å². The molecule has 7 heteroatoms. The van der Waals surface area contributed by atoms with E-state index in [0.29, 0.717) is 17.6 Å². The molecular formula is C16H15N5O2. The molecule has 1 aromatic carbocycles. The van der Waals surface area contributed by atoms with E-state index in [-0.39, 0.29) is 6.79 Å². The highest BCUT2D eigenvalue weighted by Gasteiger charge is 2.14. The van der Waals surface area contributed by atoms with Gasteiger partial charge in [-0.05, 0) is 32.0 Å². The minimum Gasteiger partial charge on any atom is -0.459 e. The third kappa shape index (κ3) is 2.46. The van der Waals surface area contributed by atoms with Crippen molar-refractivity contribution in [1.29, 1.82) is 0 Å². The van der Waals surface area contributed by atoms with Gasteiger partial charge in [-0.1, -0.05) is 12.1 Å². The first-order chi connectivity index (χ1) is 11.2. The van der Waals surface area contributed by atoms with Crippen molar-refractivity contribution in [1.82, 2.24) is 19.7 Å². The zero-order chi connectivity index (χ0) is 15.8. The first-order valence-electron chi connectivity index (χ1n) is 7.23. The standard InChI is InChI=1S/C16H15N5O2/c1-10-7-11(2)21(20-10)16-17-13-6-4-3-5-12(13)15(19-16)18-14-8-22-9-23-14/h3-8H,9H2,1-2H3,(H,17,18,19). The van der Waals surface area contributed by atoms with Gasteiger partial charge in [-0.2, -0.15) is 10.1 Å². The molecule has 0 unspecified atom stereocenters. The first-order valence-corrected chi connectivity index (χ1v) is 7.23. The molecule has 0 spiro atoms. The molecule has 1 aliphatic rings. The molecule has 2 aromatic heterocycles. The van der Waals surface area contributed by atoms with Gasteiger partial charge < -0.3 is 14.8 Å². The van der Waals surface area contributed by atoms with E-state index < -0.39 is 0 Å². The molecule has 0 radical (unpaired) electrons. The van der Waals surface area contributed by atoms with Crippen molar-refractivity contribution >= 4 is 16.7 Å². The van der Waals surface area contributed by atoms with E-state index in [2.05, 4.69) is 20.4 Å². The number of aryl methyl sites for hydroxylation is 2. The third-order valence-corrected chi connectivity index (χ3v) is 3.50. The first kappa shape index (κ1) is 13.6. The van der Waals surface area contributed by atoms with Crippen LogP contribution in [0.4, 0.5) is 5.82 Å². The number of ether oxygens (including phenoxy) is 2. The van der Waals surface area contributed by atoms with Crippen LogP contribution in [0.3, 0.4) is 0 Å². The SMILES string of the molecule is Cc1cc(C)n(-c2nc(NC3=COCO3)c3ccccc3n2)n1. The average molecular weight is 309 g/mol. The molecule has 1 N–H and O–H groups in total. The minimum absolute atomic E-state index is 0.204. The second kappa shape index (κ2) is 5.28. The molecule has 0 bridgehead atoms. The predicted molar refractivity (Wildman–Crippen MR) is 84.9 cm³/mol. The summed E-state index contributed by atoms with van der Waals surface area (Å²) >= 11 is 0. The van der Waals surface area contributed by atoms with Gasteiger partial charge in [0.15, 0.2) is 0 Å².